The minimum absolute atomic E-state index is 0.122. The number of nitrogens with zero attached hydrogens (tertiary/aromatic N) is 1. The summed E-state index contributed by atoms with van der Waals surface area (Å²) in [6, 6.07) is 7.25. The predicted octanol–water partition coefficient (Wildman–Crippen LogP) is 3.44. The van der Waals surface area contributed by atoms with Gasteiger partial charge in [-0.05, 0) is 30.5 Å². The van der Waals surface area contributed by atoms with E-state index in [9.17, 15) is 4.79 Å². The number of carbonyl (C=O) groups excluding carboxylic acids is 1. The Balaban J connectivity index is 2.36. The van der Waals surface area contributed by atoms with Gasteiger partial charge in [-0.25, -0.2) is 0 Å². The van der Waals surface area contributed by atoms with Crippen molar-refractivity contribution in [2.45, 2.75) is 6.92 Å². The first kappa shape index (κ1) is 11.4. The van der Waals surface area contributed by atoms with E-state index in [1.165, 1.54) is 17.6 Å². The summed E-state index contributed by atoms with van der Waals surface area (Å²) >= 11 is 1.48. The maximum Gasteiger partial charge on any atom is 0.207 e. The number of nitriles is 1. The highest BCUT2D eigenvalue weighted by Crippen LogP contribution is 2.18. The molecule has 0 unspecified atom stereocenters. The topological polar surface area (TPSA) is 54.0 Å². The Morgan fingerprint density at radius 2 is 2.35 bits per heavy atom. The van der Waals surface area contributed by atoms with Crippen LogP contribution < -0.4 is 0 Å². The molecule has 0 aliphatic rings. The van der Waals surface area contributed by atoms with Crippen molar-refractivity contribution in [3.8, 4) is 6.07 Å². The lowest BCUT2D eigenvalue weighted by atomic mass is 10.0. The van der Waals surface area contributed by atoms with E-state index in [1.807, 2.05) is 23.6 Å². The van der Waals surface area contributed by atoms with E-state index >= 15 is 0 Å². The largest absolute Gasteiger partial charge is 0.469 e. The highest BCUT2D eigenvalue weighted by Gasteiger charge is 2.16. The Hall–Kier alpha value is -2.12. The summed E-state index contributed by atoms with van der Waals surface area (Å²) in [6.45, 7) is 1.70. The fourth-order valence-electron chi connectivity index (χ4n) is 1.43. The van der Waals surface area contributed by atoms with Crippen molar-refractivity contribution in [3.05, 3.63) is 51.6 Å². The molecule has 17 heavy (non-hydrogen) atoms. The zero-order valence-electron chi connectivity index (χ0n) is 9.14. The predicted molar refractivity (Wildman–Crippen MR) is 65.7 cm³/mol. The molecule has 2 aromatic heterocycles. The second kappa shape index (κ2) is 4.81. The lowest BCUT2D eigenvalue weighted by Gasteiger charge is -1.96. The lowest BCUT2D eigenvalue weighted by Crippen LogP contribution is -2.01. The van der Waals surface area contributed by atoms with Crippen molar-refractivity contribution in [1.29, 1.82) is 5.26 Å². The molecule has 0 aliphatic heterocycles. The normalized spacial score (nSPS) is 11.2. The lowest BCUT2D eigenvalue weighted by molar-refractivity contribution is 0.103. The van der Waals surface area contributed by atoms with Crippen LogP contribution in [-0.4, -0.2) is 5.78 Å². The fraction of sp³-hybridized carbons (Fsp3) is 0.0769. The third-order valence-corrected chi connectivity index (χ3v) is 3.12. The molecule has 0 saturated heterocycles. The molecule has 2 rings (SSSR count). The molecule has 84 valence electrons. The van der Waals surface area contributed by atoms with Gasteiger partial charge < -0.3 is 4.42 Å². The number of allylic oxidation sites excluding steroid dienone is 1. The van der Waals surface area contributed by atoms with Crippen molar-refractivity contribution in [1.82, 2.24) is 0 Å². The highest BCUT2D eigenvalue weighted by molar-refractivity contribution is 7.10. The van der Waals surface area contributed by atoms with Gasteiger partial charge in [0, 0.05) is 4.88 Å². The number of ketones is 1. The molecule has 4 heteroatoms. The molecular formula is C13H9NO2S. The molecule has 0 radical (unpaired) electrons. The summed E-state index contributed by atoms with van der Waals surface area (Å²) in [4.78, 5) is 12.9. The SMILES string of the molecule is Cc1occc1C(=O)/C(C#N)=C\c1cccs1. The standard InChI is InChI=1S/C13H9NO2S/c1-9-12(4-5-16-9)13(15)10(8-14)7-11-3-2-6-17-11/h2-7H,1H3/b10-7-. The molecule has 2 heterocycles. The Labute approximate surface area is 103 Å². The van der Waals surface area contributed by atoms with E-state index in [2.05, 4.69) is 0 Å². The van der Waals surface area contributed by atoms with Gasteiger partial charge in [-0.15, -0.1) is 11.3 Å². The molecular weight excluding hydrogens is 234 g/mol. The van der Waals surface area contributed by atoms with E-state index in [4.69, 9.17) is 9.68 Å². The van der Waals surface area contributed by atoms with Crippen LogP contribution in [0.25, 0.3) is 6.08 Å². The van der Waals surface area contributed by atoms with Crippen molar-refractivity contribution in [3.63, 3.8) is 0 Å². The van der Waals surface area contributed by atoms with E-state index in [1.54, 1.807) is 19.1 Å². The van der Waals surface area contributed by atoms with Gasteiger partial charge in [0.05, 0.1) is 11.8 Å². The Morgan fingerprint density at radius 3 is 2.88 bits per heavy atom. The molecule has 0 aliphatic carbocycles. The first-order valence-corrected chi connectivity index (χ1v) is 5.84. The van der Waals surface area contributed by atoms with Gasteiger partial charge in [0.1, 0.15) is 17.4 Å². The summed E-state index contributed by atoms with van der Waals surface area (Å²) in [6.07, 6.45) is 3.04. The average molecular weight is 243 g/mol. The summed E-state index contributed by atoms with van der Waals surface area (Å²) < 4.78 is 5.06. The molecule has 0 N–H and O–H groups in total. The van der Waals surface area contributed by atoms with Gasteiger partial charge in [-0.2, -0.15) is 5.26 Å². The van der Waals surface area contributed by atoms with Gasteiger partial charge in [-0.1, -0.05) is 6.07 Å². The van der Waals surface area contributed by atoms with Gasteiger partial charge in [0.15, 0.2) is 0 Å². The monoisotopic (exact) mass is 243 g/mol. The Bertz CT molecular complexity index is 600. The molecule has 3 nitrogen and oxygen atoms in total. The highest BCUT2D eigenvalue weighted by atomic mass is 32.1. The molecule has 0 saturated carbocycles. The number of carbonyl (C=O) groups is 1. The van der Waals surface area contributed by atoms with E-state index < -0.39 is 0 Å². The summed E-state index contributed by atoms with van der Waals surface area (Å²) in [5.41, 5.74) is 0.561. The van der Waals surface area contributed by atoms with Crippen LogP contribution in [0.1, 0.15) is 21.0 Å². The summed E-state index contributed by atoms with van der Waals surface area (Å²) in [5, 5.41) is 10.9. The maximum atomic E-state index is 12.0. The molecule has 2 aromatic rings. The molecule has 0 atom stereocenters. The van der Waals surface area contributed by atoms with Crippen molar-refractivity contribution in [2.75, 3.05) is 0 Å². The maximum absolute atomic E-state index is 12.0. The first-order valence-electron chi connectivity index (χ1n) is 4.96. The smallest absolute Gasteiger partial charge is 0.207 e. The number of hydrogen-bond donors (Lipinski definition) is 0. The van der Waals surface area contributed by atoms with Crippen molar-refractivity contribution in [2.24, 2.45) is 0 Å². The van der Waals surface area contributed by atoms with Crippen LogP contribution in [0.4, 0.5) is 0 Å². The average Bonchev–Trinajstić information content (AvgIpc) is 2.96. The second-order valence-corrected chi connectivity index (χ2v) is 4.38. The van der Waals surface area contributed by atoms with Gasteiger partial charge in [-0.3, -0.25) is 4.79 Å². The molecule has 0 spiro atoms. The number of thiophene rings is 1. The van der Waals surface area contributed by atoms with E-state index in [0.717, 1.165) is 4.88 Å². The third-order valence-electron chi connectivity index (χ3n) is 2.30. The van der Waals surface area contributed by atoms with Gasteiger partial charge in [0.25, 0.3) is 0 Å². The number of Topliss-reactive ketones (excluding diaryl/α,β-unsaturated/α-hetero) is 1. The van der Waals surface area contributed by atoms with E-state index in [0.29, 0.717) is 11.3 Å². The fourth-order valence-corrected chi connectivity index (χ4v) is 2.09. The number of rotatable bonds is 3. The third kappa shape index (κ3) is 2.35. The van der Waals surface area contributed by atoms with Crippen LogP contribution in [0.3, 0.4) is 0 Å². The number of hydrogen-bond acceptors (Lipinski definition) is 4. The van der Waals surface area contributed by atoms with Gasteiger partial charge >= 0.3 is 0 Å². The van der Waals surface area contributed by atoms with Crippen LogP contribution in [0.5, 0.6) is 0 Å². The zero-order valence-corrected chi connectivity index (χ0v) is 9.95. The van der Waals surface area contributed by atoms with Gasteiger partial charge in [0.2, 0.25) is 5.78 Å². The minimum atomic E-state index is -0.299. The van der Waals surface area contributed by atoms with Crippen molar-refractivity contribution < 1.29 is 9.21 Å². The quantitative estimate of drug-likeness (QED) is 0.471. The number of aryl methyl sites for hydroxylation is 1. The van der Waals surface area contributed by atoms with Crippen LogP contribution >= 0.6 is 11.3 Å². The van der Waals surface area contributed by atoms with Crippen LogP contribution in [-0.2, 0) is 0 Å². The zero-order chi connectivity index (χ0) is 12.3. The Morgan fingerprint density at radius 1 is 1.53 bits per heavy atom. The van der Waals surface area contributed by atoms with Crippen LogP contribution in [0.2, 0.25) is 0 Å². The first-order chi connectivity index (χ1) is 8.22. The van der Waals surface area contributed by atoms with Crippen molar-refractivity contribution >= 4 is 23.2 Å². The Kier molecular flexibility index (Phi) is 3.22. The minimum Gasteiger partial charge on any atom is -0.469 e. The molecule has 0 aromatic carbocycles. The second-order valence-electron chi connectivity index (χ2n) is 3.40. The molecule has 0 fully saturated rings. The molecule has 0 amide bonds. The molecule has 0 bridgehead atoms. The summed E-state index contributed by atoms with van der Waals surface area (Å²) in [5.74, 6) is 0.231. The summed E-state index contributed by atoms with van der Waals surface area (Å²) in [7, 11) is 0. The van der Waals surface area contributed by atoms with E-state index in [-0.39, 0.29) is 11.4 Å². The van der Waals surface area contributed by atoms with Crippen LogP contribution in [0, 0.1) is 18.3 Å². The van der Waals surface area contributed by atoms with Crippen LogP contribution in [0.15, 0.2) is 39.8 Å². The number of furan rings is 1.